The second-order valence-corrected chi connectivity index (χ2v) is 3.88. The Labute approximate surface area is 99.5 Å². The maximum absolute atomic E-state index is 4.48. The Bertz CT molecular complexity index is 230. The Morgan fingerprint density at radius 3 is 2.57 bits per heavy atom. The Morgan fingerprint density at radius 2 is 2.14 bits per heavy atom. The first-order chi connectivity index (χ1) is 5.86. The quantitative estimate of drug-likeness (QED) is 0.594. The molecule has 0 fully saturated rings. The van der Waals surface area contributed by atoms with Gasteiger partial charge in [0.1, 0.15) is 0 Å². The van der Waals surface area contributed by atoms with E-state index in [2.05, 4.69) is 23.8 Å². The maximum Gasteiger partial charge on any atom is 0.0494 e. The van der Waals surface area contributed by atoms with E-state index >= 15 is 0 Å². The van der Waals surface area contributed by atoms with Crippen LogP contribution >= 0.6 is 8.19 Å². The van der Waals surface area contributed by atoms with Crippen LogP contribution in [0.15, 0.2) is 17.1 Å². The molecule has 0 spiro atoms. The molecular formula is C10H18CrN2P-. The maximum atomic E-state index is 4.48. The monoisotopic (exact) mass is 249 g/mol. The summed E-state index contributed by atoms with van der Waals surface area (Å²) in [4.78, 5) is 8.50. The van der Waals surface area contributed by atoms with Gasteiger partial charge in [-0.1, -0.05) is 13.8 Å². The fourth-order valence-electron chi connectivity index (χ4n) is 1.02. The SMILES string of the molecule is CCC(CC)N=Cc1cnc[pH]1.[CH3-].[Cr]. The first-order valence-electron chi connectivity index (χ1n) is 4.38. The van der Waals surface area contributed by atoms with E-state index in [-0.39, 0.29) is 24.8 Å². The van der Waals surface area contributed by atoms with Gasteiger partial charge in [-0.05, 0) is 12.8 Å². The summed E-state index contributed by atoms with van der Waals surface area (Å²) in [6.45, 7) is 4.35. The average Bonchev–Trinajstić information content (AvgIpc) is 2.59. The second-order valence-electron chi connectivity index (χ2n) is 2.76. The van der Waals surface area contributed by atoms with Gasteiger partial charge < -0.3 is 7.43 Å². The molecule has 0 aliphatic heterocycles. The number of aliphatic imine (C=N–C) groups is 1. The van der Waals surface area contributed by atoms with E-state index in [1.54, 1.807) is 0 Å². The third kappa shape index (κ3) is 5.60. The number of hydrogen-bond acceptors (Lipinski definition) is 2. The van der Waals surface area contributed by atoms with E-state index in [1.165, 1.54) is 5.30 Å². The zero-order valence-electron chi connectivity index (χ0n) is 9.03. The van der Waals surface area contributed by atoms with Crippen LogP contribution in [0.4, 0.5) is 0 Å². The minimum Gasteiger partial charge on any atom is -0.358 e. The van der Waals surface area contributed by atoms with Gasteiger partial charge in [0.25, 0.3) is 0 Å². The molecule has 1 aromatic rings. The van der Waals surface area contributed by atoms with Gasteiger partial charge >= 0.3 is 0 Å². The molecule has 0 amide bonds. The minimum atomic E-state index is 0. The van der Waals surface area contributed by atoms with E-state index in [9.17, 15) is 0 Å². The van der Waals surface area contributed by atoms with Crippen LogP contribution in [-0.2, 0) is 17.4 Å². The summed E-state index contributed by atoms with van der Waals surface area (Å²) in [6.07, 6.45) is 6.13. The molecule has 1 heterocycles. The molecule has 0 saturated carbocycles. The number of rotatable bonds is 4. The molecule has 1 rings (SSSR count). The predicted octanol–water partition coefficient (Wildman–Crippen LogP) is 3.17. The fraction of sp³-hybridized carbons (Fsp3) is 0.500. The molecule has 1 unspecified atom stereocenters. The van der Waals surface area contributed by atoms with Crippen molar-refractivity contribution in [2.24, 2.45) is 4.99 Å². The van der Waals surface area contributed by atoms with E-state index in [0.29, 0.717) is 6.04 Å². The van der Waals surface area contributed by atoms with Crippen molar-refractivity contribution in [3.05, 3.63) is 24.8 Å². The third-order valence-corrected chi connectivity index (χ3v) is 2.76. The van der Waals surface area contributed by atoms with Crippen molar-refractivity contribution in [3.63, 3.8) is 0 Å². The van der Waals surface area contributed by atoms with Crippen molar-refractivity contribution in [3.8, 4) is 0 Å². The first-order valence-corrected chi connectivity index (χ1v) is 5.46. The van der Waals surface area contributed by atoms with Crippen LogP contribution in [0.5, 0.6) is 0 Å². The molecule has 4 heteroatoms. The molecule has 0 aliphatic carbocycles. The molecule has 80 valence electrons. The number of hydrogen-bond donors (Lipinski definition) is 0. The van der Waals surface area contributed by atoms with Crippen molar-refractivity contribution >= 4 is 14.4 Å². The Kier molecular flexibility index (Phi) is 11.1. The van der Waals surface area contributed by atoms with Gasteiger partial charge in [-0.15, -0.1) is 8.19 Å². The van der Waals surface area contributed by atoms with E-state index < -0.39 is 0 Å². The van der Waals surface area contributed by atoms with Crippen LogP contribution in [0, 0.1) is 7.43 Å². The topological polar surface area (TPSA) is 25.2 Å². The molecule has 1 atom stereocenters. The Hall–Kier alpha value is -0.0875. The summed E-state index contributed by atoms with van der Waals surface area (Å²) in [5, 5.41) is 1.25. The minimum absolute atomic E-state index is 0. The van der Waals surface area contributed by atoms with Gasteiger partial charge in [-0.25, -0.2) is 0 Å². The molecule has 14 heavy (non-hydrogen) atoms. The van der Waals surface area contributed by atoms with Crippen LogP contribution < -0.4 is 0 Å². The summed E-state index contributed by atoms with van der Waals surface area (Å²) in [5.74, 6) is 1.94. The van der Waals surface area contributed by atoms with Crippen LogP contribution in [0.25, 0.3) is 0 Å². The van der Waals surface area contributed by atoms with Crippen LogP contribution in [0.3, 0.4) is 0 Å². The third-order valence-electron chi connectivity index (χ3n) is 1.89. The van der Waals surface area contributed by atoms with Crippen molar-refractivity contribution in [1.82, 2.24) is 4.98 Å². The Morgan fingerprint density at radius 1 is 1.50 bits per heavy atom. The zero-order valence-corrected chi connectivity index (χ0v) is 11.3. The first kappa shape index (κ1) is 16.3. The van der Waals surface area contributed by atoms with E-state index in [1.807, 2.05) is 18.3 Å². The van der Waals surface area contributed by atoms with Crippen LogP contribution in [0.2, 0.25) is 0 Å². The fourth-order valence-corrected chi connectivity index (χ4v) is 1.62. The largest absolute Gasteiger partial charge is 0.358 e. The zero-order chi connectivity index (χ0) is 8.81. The van der Waals surface area contributed by atoms with Gasteiger partial charge in [0, 0.05) is 47.0 Å². The molecule has 2 nitrogen and oxygen atoms in total. The van der Waals surface area contributed by atoms with Gasteiger partial charge in [-0.3, -0.25) is 9.98 Å². The molecule has 0 N–H and O–H groups in total. The van der Waals surface area contributed by atoms with Gasteiger partial charge in [0.05, 0.1) is 0 Å². The summed E-state index contributed by atoms with van der Waals surface area (Å²) in [7, 11) is 0.722. The summed E-state index contributed by atoms with van der Waals surface area (Å²) < 4.78 is 0. The molecule has 0 aromatic carbocycles. The summed E-state index contributed by atoms with van der Waals surface area (Å²) in [5.41, 5.74) is 0. The van der Waals surface area contributed by atoms with Crippen molar-refractivity contribution in [2.75, 3.05) is 0 Å². The standard InChI is InChI=1S/C9H15N2P.CH3.Cr/c1-3-8(4-2)11-6-9-5-10-7-12-9;;/h5-8,12H,3-4H2,1-2H3;1H3;/q;-1;. The second kappa shape index (κ2) is 9.47. The molecule has 0 saturated heterocycles. The molecular weight excluding hydrogens is 231 g/mol. The van der Waals surface area contributed by atoms with Crippen molar-refractivity contribution < 1.29 is 17.4 Å². The van der Waals surface area contributed by atoms with Gasteiger partial charge in [-0.2, -0.15) is 0 Å². The van der Waals surface area contributed by atoms with Gasteiger partial charge in [0.15, 0.2) is 0 Å². The average molecular weight is 249 g/mol. The predicted molar refractivity (Wildman–Crippen MR) is 62.1 cm³/mol. The van der Waals surface area contributed by atoms with E-state index in [0.717, 1.165) is 21.0 Å². The van der Waals surface area contributed by atoms with E-state index in [4.69, 9.17) is 0 Å². The van der Waals surface area contributed by atoms with Crippen LogP contribution in [-0.4, -0.2) is 17.2 Å². The molecule has 1 aromatic heterocycles. The van der Waals surface area contributed by atoms with Crippen molar-refractivity contribution in [1.29, 1.82) is 0 Å². The number of nitrogens with zero attached hydrogens (tertiary/aromatic N) is 2. The molecule has 0 aliphatic rings. The van der Waals surface area contributed by atoms with Crippen molar-refractivity contribution in [2.45, 2.75) is 32.7 Å². The normalized spacial score (nSPS) is 10.5. The van der Waals surface area contributed by atoms with Gasteiger partial charge in [0.2, 0.25) is 0 Å². The summed E-state index contributed by atoms with van der Waals surface area (Å²) >= 11 is 0. The Balaban J connectivity index is 0. The number of aromatic nitrogens is 1. The smallest absolute Gasteiger partial charge is 0.0494 e. The van der Waals surface area contributed by atoms with Crippen LogP contribution in [0.1, 0.15) is 32.0 Å². The molecule has 0 radical (unpaired) electrons. The summed E-state index contributed by atoms with van der Waals surface area (Å²) in [6, 6.07) is 0.497. The molecule has 0 bridgehead atoms.